The molecular formula is C13H19NO. The van der Waals surface area contributed by atoms with Crippen LogP contribution in [0.5, 0.6) is 0 Å². The number of ether oxygens (including phenoxy) is 1. The molecule has 0 aromatic heterocycles. The topological polar surface area (TPSA) is 21.3 Å². The lowest BCUT2D eigenvalue weighted by atomic mass is 10.1. The molecule has 0 aliphatic carbocycles. The highest BCUT2D eigenvalue weighted by Crippen LogP contribution is 2.06. The highest BCUT2D eigenvalue weighted by Gasteiger charge is 1.94. The van der Waals surface area contributed by atoms with Crippen molar-refractivity contribution in [3.8, 4) is 0 Å². The van der Waals surface area contributed by atoms with Crippen molar-refractivity contribution in [3.05, 3.63) is 47.5 Å². The molecule has 0 saturated carbocycles. The lowest BCUT2D eigenvalue weighted by Gasteiger charge is -2.05. The highest BCUT2D eigenvalue weighted by molar-refractivity contribution is 5.22. The quantitative estimate of drug-likeness (QED) is 0.569. The van der Waals surface area contributed by atoms with Gasteiger partial charge in [-0.05, 0) is 25.1 Å². The second-order valence-electron chi connectivity index (χ2n) is 3.43. The van der Waals surface area contributed by atoms with Gasteiger partial charge in [-0.1, -0.05) is 36.4 Å². The molecule has 1 aromatic rings. The van der Waals surface area contributed by atoms with Crippen LogP contribution in [0.25, 0.3) is 0 Å². The third-order valence-corrected chi connectivity index (χ3v) is 2.09. The van der Waals surface area contributed by atoms with E-state index in [2.05, 4.69) is 29.6 Å². The van der Waals surface area contributed by atoms with Crippen LogP contribution in [0.1, 0.15) is 18.1 Å². The van der Waals surface area contributed by atoms with E-state index in [1.165, 1.54) is 11.1 Å². The smallest absolute Gasteiger partial charge is 0.0721 e. The Morgan fingerprint density at radius 3 is 2.87 bits per heavy atom. The van der Waals surface area contributed by atoms with E-state index < -0.39 is 0 Å². The molecule has 0 bridgehead atoms. The van der Waals surface area contributed by atoms with Crippen LogP contribution in [-0.2, 0) is 17.9 Å². The van der Waals surface area contributed by atoms with Crippen molar-refractivity contribution in [3.63, 3.8) is 0 Å². The molecule has 0 unspecified atom stereocenters. The molecule has 0 saturated heterocycles. The average Bonchev–Trinajstić information content (AvgIpc) is 2.26. The Morgan fingerprint density at radius 1 is 1.33 bits per heavy atom. The SMILES string of the molecule is CC=CCOCc1cccc(CNC)c1. The summed E-state index contributed by atoms with van der Waals surface area (Å²) in [5.74, 6) is 0. The van der Waals surface area contributed by atoms with Gasteiger partial charge >= 0.3 is 0 Å². The molecule has 0 heterocycles. The van der Waals surface area contributed by atoms with Crippen molar-refractivity contribution in [2.45, 2.75) is 20.1 Å². The molecule has 82 valence electrons. The first-order chi connectivity index (χ1) is 7.36. The maximum Gasteiger partial charge on any atom is 0.0721 e. The summed E-state index contributed by atoms with van der Waals surface area (Å²) < 4.78 is 5.49. The summed E-state index contributed by atoms with van der Waals surface area (Å²) >= 11 is 0. The molecule has 2 heteroatoms. The molecule has 0 radical (unpaired) electrons. The Morgan fingerprint density at radius 2 is 2.13 bits per heavy atom. The van der Waals surface area contributed by atoms with E-state index in [4.69, 9.17) is 4.74 Å². The van der Waals surface area contributed by atoms with Crippen molar-refractivity contribution in [1.29, 1.82) is 0 Å². The van der Waals surface area contributed by atoms with Gasteiger partial charge in [0.05, 0.1) is 13.2 Å². The number of rotatable bonds is 6. The maximum atomic E-state index is 5.49. The van der Waals surface area contributed by atoms with Gasteiger partial charge in [0, 0.05) is 6.54 Å². The molecule has 0 aliphatic heterocycles. The summed E-state index contributed by atoms with van der Waals surface area (Å²) in [6.07, 6.45) is 4.01. The van der Waals surface area contributed by atoms with E-state index in [1.807, 2.05) is 26.1 Å². The average molecular weight is 205 g/mol. The van der Waals surface area contributed by atoms with Gasteiger partial charge in [-0.15, -0.1) is 0 Å². The van der Waals surface area contributed by atoms with Gasteiger partial charge in [-0.3, -0.25) is 0 Å². The van der Waals surface area contributed by atoms with E-state index >= 15 is 0 Å². The third-order valence-electron chi connectivity index (χ3n) is 2.09. The number of allylic oxidation sites excluding steroid dienone is 1. The second kappa shape index (κ2) is 7.21. The number of benzene rings is 1. The fourth-order valence-corrected chi connectivity index (χ4v) is 1.37. The Balaban J connectivity index is 2.42. The summed E-state index contributed by atoms with van der Waals surface area (Å²) in [7, 11) is 1.95. The van der Waals surface area contributed by atoms with E-state index in [-0.39, 0.29) is 0 Å². The number of nitrogens with one attached hydrogen (secondary N) is 1. The normalized spacial score (nSPS) is 11.1. The Kier molecular flexibility index (Phi) is 5.74. The van der Waals surface area contributed by atoms with Crippen LogP contribution >= 0.6 is 0 Å². The van der Waals surface area contributed by atoms with E-state index in [0.717, 1.165) is 6.54 Å². The molecule has 0 amide bonds. The number of hydrogen-bond donors (Lipinski definition) is 1. The number of hydrogen-bond acceptors (Lipinski definition) is 2. The standard InChI is InChI=1S/C13H19NO/c1-3-4-8-15-11-13-7-5-6-12(9-13)10-14-2/h3-7,9,14H,8,10-11H2,1-2H3. The monoisotopic (exact) mass is 205 g/mol. The zero-order valence-corrected chi connectivity index (χ0v) is 9.49. The largest absolute Gasteiger partial charge is 0.373 e. The van der Waals surface area contributed by atoms with Crippen molar-refractivity contribution in [2.24, 2.45) is 0 Å². The van der Waals surface area contributed by atoms with Crippen molar-refractivity contribution >= 4 is 0 Å². The minimum atomic E-state index is 0.682. The van der Waals surface area contributed by atoms with Crippen LogP contribution < -0.4 is 5.32 Å². The molecule has 1 rings (SSSR count). The molecule has 2 nitrogen and oxygen atoms in total. The molecule has 0 fully saturated rings. The molecule has 1 aromatic carbocycles. The van der Waals surface area contributed by atoms with E-state index in [0.29, 0.717) is 13.2 Å². The Labute approximate surface area is 92.0 Å². The first-order valence-electron chi connectivity index (χ1n) is 5.28. The molecule has 15 heavy (non-hydrogen) atoms. The van der Waals surface area contributed by atoms with Gasteiger partial charge in [-0.25, -0.2) is 0 Å². The van der Waals surface area contributed by atoms with Crippen molar-refractivity contribution in [1.82, 2.24) is 5.32 Å². The summed E-state index contributed by atoms with van der Waals surface area (Å²) in [6.45, 7) is 4.27. The minimum Gasteiger partial charge on any atom is -0.373 e. The third kappa shape index (κ3) is 4.77. The lowest BCUT2D eigenvalue weighted by molar-refractivity contribution is 0.148. The van der Waals surface area contributed by atoms with Crippen molar-refractivity contribution < 1.29 is 4.74 Å². The molecule has 0 aliphatic rings. The summed E-state index contributed by atoms with van der Waals surface area (Å²) in [4.78, 5) is 0. The molecule has 0 spiro atoms. The van der Waals surface area contributed by atoms with Gasteiger partial charge in [0.1, 0.15) is 0 Å². The van der Waals surface area contributed by atoms with Crippen LogP contribution in [0.2, 0.25) is 0 Å². The molecule has 1 N–H and O–H groups in total. The minimum absolute atomic E-state index is 0.682. The Hall–Kier alpha value is -1.12. The zero-order chi connectivity index (χ0) is 10.9. The first kappa shape index (κ1) is 12.0. The predicted octanol–water partition coefficient (Wildman–Crippen LogP) is 2.50. The van der Waals surface area contributed by atoms with Crippen LogP contribution in [0.3, 0.4) is 0 Å². The van der Waals surface area contributed by atoms with Crippen LogP contribution in [-0.4, -0.2) is 13.7 Å². The lowest BCUT2D eigenvalue weighted by Crippen LogP contribution is -2.05. The van der Waals surface area contributed by atoms with Crippen molar-refractivity contribution in [2.75, 3.05) is 13.7 Å². The fourth-order valence-electron chi connectivity index (χ4n) is 1.37. The van der Waals surface area contributed by atoms with E-state index in [1.54, 1.807) is 0 Å². The fraction of sp³-hybridized carbons (Fsp3) is 0.385. The molecular weight excluding hydrogens is 186 g/mol. The van der Waals surface area contributed by atoms with Gasteiger partial charge in [0.2, 0.25) is 0 Å². The van der Waals surface area contributed by atoms with Gasteiger partial charge < -0.3 is 10.1 Å². The summed E-state index contributed by atoms with van der Waals surface area (Å²) in [6, 6.07) is 8.45. The highest BCUT2D eigenvalue weighted by atomic mass is 16.5. The zero-order valence-electron chi connectivity index (χ0n) is 9.49. The van der Waals surface area contributed by atoms with Crippen LogP contribution in [0.15, 0.2) is 36.4 Å². The second-order valence-corrected chi connectivity index (χ2v) is 3.43. The first-order valence-corrected chi connectivity index (χ1v) is 5.28. The molecule has 0 atom stereocenters. The van der Waals surface area contributed by atoms with E-state index in [9.17, 15) is 0 Å². The van der Waals surface area contributed by atoms with Gasteiger partial charge in [0.15, 0.2) is 0 Å². The summed E-state index contributed by atoms with van der Waals surface area (Å²) in [5, 5.41) is 3.14. The van der Waals surface area contributed by atoms with Gasteiger partial charge in [0.25, 0.3) is 0 Å². The predicted molar refractivity (Wildman–Crippen MR) is 63.7 cm³/mol. The Bertz CT molecular complexity index is 307. The summed E-state index contributed by atoms with van der Waals surface area (Å²) in [5.41, 5.74) is 2.52. The van der Waals surface area contributed by atoms with Crippen LogP contribution in [0, 0.1) is 0 Å². The maximum absolute atomic E-state index is 5.49. The van der Waals surface area contributed by atoms with Gasteiger partial charge in [-0.2, -0.15) is 0 Å². The van der Waals surface area contributed by atoms with Crippen LogP contribution in [0.4, 0.5) is 0 Å².